The van der Waals surface area contributed by atoms with Crippen LogP contribution < -0.4 is 16.0 Å². The van der Waals surface area contributed by atoms with E-state index in [-0.39, 0.29) is 22.8 Å². The van der Waals surface area contributed by atoms with E-state index in [1.165, 1.54) is 0 Å². The van der Waals surface area contributed by atoms with Crippen LogP contribution in [0.15, 0.2) is 18.2 Å². The Kier molecular flexibility index (Phi) is 6.86. The third kappa shape index (κ3) is 5.61. The maximum absolute atomic E-state index is 13.0. The Bertz CT molecular complexity index is 956. The van der Waals surface area contributed by atoms with Crippen LogP contribution in [0.3, 0.4) is 0 Å². The number of aromatic nitrogens is 3. The number of nitrogens with one attached hydrogen (secondary N) is 3. The predicted molar refractivity (Wildman–Crippen MR) is 131 cm³/mol. The molecule has 0 aliphatic heterocycles. The van der Waals surface area contributed by atoms with Gasteiger partial charge in [0, 0.05) is 38.3 Å². The van der Waals surface area contributed by atoms with Crippen molar-refractivity contribution in [2.75, 3.05) is 24.2 Å². The number of hydrogen-bond donors (Lipinski definition) is 3. The normalized spacial score (nSPS) is 20.6. The molecule has 2 aromatic rings. The maximum atomic E-state index is 13.0. The molecule has 0 saturated heterocycles. The fourth-order valence-corrected chi connectivity index (χ4v) is 4.42. The van der Waals surface area contributed by atoms with Gasteiger partial charge in [0.15, 0.2) is 0 Å². The van der Waals surface area contributed by atoms with Crippen molar-refractivity contribution >= 4 is 17.4 Å². The molecule has 1 saturated carbocycles. The van der Waals surface area contributed by atoms with Crippen molar-refractivity contribution in [2.24, 2.45) is 17.9 Å². The summed E-state index contributed by atoms with van der Waals surface area (Å²) >= 11 is 0. The van der Waals surface area contributed by atoms with Crippen molar-refractivity contribution in [3.63, 3.8) is 0 Å². The van der Waals surface area contributed by atoms with Crippen molar-refractivity contribution < 1.29 is 4.79 Å². The second-order valence-electron chi connectivity index (χ2n) is 11.1. The zero-order chi connectivity index (χ0) is 23.7. The predicted octanol–water partition coefficient (Wildman–Crippen LogP) is 4.72. The monoisotopic (exact) mass is 440 g/mol. The minimum atomic E-state index is -0.0579. The number of rotatable bonds is 6. The lowest BCUT2D eigenvalue weighted by Crippen LogP contribution is -2.48. The van der Waals surface area contributed by atoms with Crippen molar-refractivity contribution in [2.45, 2.75) is 72.8 Å². The van der Waals surface area contributed by atoms with Crippen molar-refractivity contribution in [1.29, 1.82) is 0 Å². The van der Waals surface area contributed by atoms with Gasteiger partial charge in [-0.3, -0.25) is 9.48 Å². The molecule has 2 aromatic heterocycles. The van der Waals surface area contributed by atoms with Crippen LogP contribution in [0.4, 0.5) is 11.5 Å². The van der Waals surface area contributed by atoms with E-state index in [0.29, 0.717) is 11.6 Å². The van der Waals surface area contributed by atoms with E-state index in [9.17, 15) is 4.79 Å². The molecule has 2 heterocycles. The molecule has 176 valence electrons. The molecule has 7 nitrogen and oxygen atoms in total. The Morgan fingerprint density at radius 2 is 2.00 bits per heavy atom. The molecule has 0 spiro atoms. The molecule has 1 aliphatic rings. The lowest BCUT2D eigenvalue weighted by molar-refractivity contribution is 0.0827. The molecular formula is C25H40N6O. The molecule has 32 heavy (non-hydrogen) atoms. The number of carbonyl (C=O) groups excluding carboxylic acids is 1. The highest BCUT2D eigenvalue weighted by Gasteiger charge is 2.38. The van der Waals surface area contributed by atoms with E-state index >= 15 is 0 Å². The van der Waals surface area contributed by atoms with Gasteiger partial charge < -0.3 is 16.0 Å². The number of carbonyl (C=O) groups is 1. The van der Waals surface area contributed by atoms with Crippen LogP contribution in [0.1, 0.15) is 81.7 Å². The number of hydrogen-bond acceptors (Lipinski definition) is 5. The highest BCUT2D eigenvalue weighted by atomic mass is 16.2. The topological polar surface area (TPSA) is 83.9 Å². The molecule has 2 atom stereocenters. The molecule has 1 amide bonds. The first-order chi connectivity index (χ1) is 14.9. The molecule has 3 rings (SSSR count). The molecule has 7 heteroatoms. The fraction of sp³-hybridized carbons (Fsp3) is 0.640. The van der Waals surface area contributed by atoms with Gasteiger partial charge in [0.2, 0.25) is 0 Å². The van der Waals surface area contributed by atoms with E-state index in [2.05, 4.69) is 67.8 Å². The highest BCUT2D eigenvalue weighted by Crippen LogP contribution is 2.43. The average molecular weight is 441 g/mol. The largest absolute Gasteiger partial charge is 0.382 e. The van der Waals surface area contributed by atoms with Gasteiger partial charge in [-0.05, 0) is 55.2 Å². The first-order valence-electron chi connectivity index (χ1n) is 11.6. The molecule has 1 aliphatic carbocycles. The first-order valence-corrected chi connectivity index (χ1v) is 11.6. The highest BCUT2D eigenvalue weighted by molar-refractivity contribution is 5.92. The third-order valence-corrected chi connectivity index (χ3v) is 6.52. The van der Waals surface area contributed by atoms with Crippen LogP contribution in [-0.2, 0) is 7.05 Å². The molecule has 0 radical (unpaired) electrons. The quantitative estimate of drug-likeness (QED) is 0.606. The Morgan fingerprint density at radius 1 is 1.28 bits per heavy atom. The van der Waals surface area contributed by atoms with E-state index < -0.39 is 0 Å². The summed E-state index contributed by atoms with van der Waals surface area (Å²) in [6.45, 7) is 13.9. The van der Waals surface area contributed by atoms with Gasteiger partial charge in [0.05, 0.1) is 11.4 Å². The maximum Gasteiger partial charge on any atom is 0.269 e. The van der Waals surface area contributed by atoms with Crippen molar-refractivity contribution in [3.8, 4) is 0 Å². The summed E-state index contributed by atoms with van der Waals surface area (Å²) in [5, 5.41) is 14.4. The van der Waals surface area contributed by atoms with Crippen LogP contribution in [0.25, 0.3) is 0 Å². The van der Waals surface area contributed by atoms with Crippen LogP contribution >= 0.6 is 0 Å². The lowest BCUT2D eigenvalue weighted by Gasteiger charge is -2.42. The lowest BCUT2D eigenvalue weighted by atomic mass is 9.68. The van der Waals surface area contributed by atoms with Gasteiger partial charge in [-0.15, -0.1) is 0 Å². The zero-order valence-electron chi connectivity index (χ0n) is 21.0. The Hall–Kier alpha value is -2.57. The van der Waals surface area contributed by atoms with E-state index in [0.717, 1.165) is 48.7 Å². The summed E-state index contributed by atoms with van der Waals surface area (Å²) in [4.78, 5) is 17.9. The van der Waals surface area contributed by atoms with Gasteiger partial charge in [-0.2, -0.15) is 5.10 Å². The minimum Gasteiger partial charge on any atom is -0.382 e. The number of anilines is 2. The first kappa shape index (κ1) is 24.1. The fourth-order valence-electron chi connectivity index (χ4n) is 4.42. The van der Waals surface area contributed by atoms with Gasteiger partial charge >= 0.3 is 0 Å². The summed E-state index contributed by atoms with van der Waals surface area (Å²) in [7, 11) is 3.73. The van der Waals surface area contributed by atoms with Gasteiger partial charge in [-0.25, -0.2) is 4.98 Å². The Morgan fingerprint density at radius 3 is 2.59 bits per heavy atom. The summed E-state index contributed by atoms with van der Waals surface area (Å²) < 4.78 is 1.65. The van der Waals surface area contributed by atoms with E-state index in [1.54, 1.807) is 4.68 Å². The summed E-state index contributed by atoms with van der Waals surface area (Å²) in [5.74, 6) is 1.13. The molecule has 0 bridgehead atoms. The number of pyridine rings is 1. The Balaban J connectivity index is 1.76. The number of nitrogens with zero attached hydrogens (tertiary/aromatic N) is 3. The summed E-state index contributed by atoms with van der Waals surface area (Å²) in [6.07, 6.45) is 2.98. The molecule has 2 unspecified atom stereocenters. The summed E-state index contributed by atoms with van der Waals surface area (Å²) in [5.41, 5.74) is 3.78. The standard InChI is InChI=1S/C25H40N6O/c1-16-13-20(31(8)30-16)23(32)29-21-14-17(11-12-25(21,5)6)18-9-10-19(22(26-7)28-18)27-15-24(2,3)4/h9-10,13,17,21,27H,11-12,14-15H2,1-8H3,(H,26,28)(H,29,32). The second-order valence-corrected chi connectivity index (χ2v) is 11.1. The smallest absolute Gasteiger partial charge is 0.269 e. The SMILES string of the molecule is CNc1nc(C2CCC(C)(C)C(NC(=O)c3cc(C)nn3C)C2)ccc1NCC(C)(C)C. The van der Waals surface area contributed by atoms with Crippen LogP contribution in [0.2, 0.25) is 0 Å². The van der Waals surface area contributed by atoms with E-state index in [4.69, 9.17) is 4.98 Å². The van der Waals surface area contributed by atoms with Crippen LogP contribution in [0.5, 0.6) is 0 Å². The molecule has 0 aromatic carbocycles. The number of amides is 1. The molecular weight excluding hydrogens is 400 g/mol. The average Bonchev–Trinajstić information content (AvgIpc) is 3.05. The van der Waals surface area contributed by atoms with Gasteiger partial charge in [0.25, 0.3) is 5.91 Å². The third-order valence-electron chi connectivity index (χ3n) is 6.52. The van der Waals surface area contributed by atoms with Crippen LogP contribution in [-0.4, -0.2) is 40.3 Å². The number of aryl methyl sites for hydroxylation is 2. The van der Waals surface area contributed by atoms with Crippen LogP contribution in [0, 0.1) is 17.8 Å². The minimum absolute atomic E-state index is 0.0276. The zero-order valence-corrected chi connectivity index (χ0v) is 21.0. The molecule has 1 fully saturated rings. The summed E-state index contributed by atoms with van der Waals surface area (Å²) in [6, 6.07) is 6.18. The van der Waals surface area contributed by atoms with Gasteiger partial charge in [-0.1, -0.05) is 34.6 Å². The molecule has 3 N–H and O–H groups in total. The second kappa shape index (κ2) is 9.12. The van der Waals surface area contributed by atoms with Crippen molar-refractivity contribution in [3.05, 3.63) is 35.3 Å². The van der Waals surface area contributed by atoms with Gasteiger partial charge in [0.1, 0.15) is 11.5 Å². The van der Waals surface area contributed by atoms with E-state index in [1.807, 2.05) is 27.1 Å². The van der Waals surface area contributed by atoms with Crippen molar-refractivity contribution in [1.82, 2.24) is 20.1 Å². The Labute approximate surface area is 192 Å².